The highest BCUT2D eigenvalue weighted by molar-refractivity contribution is 7.94. The first-order valence-corrected chi connectivity index (χ1v) is 13.1. The van der Waals surface area contributed by atoms with Crippen LogP contribution in [0, 0.1) is 5.82 Å². The molecule has 1 aliphatic rings. The number of hydrogen-bond donors (Lipinski definition) is 2. The number of benzene rings is 2. The number of rotatable bonds is 6. The molecular formula is C23H25ClFN3O3S2. The highest BCUT2D eigenvalue weighted by Gasteiger charge is 2.24. The van der Waals surface area contributed by atoms with Crippen LogP contribution in [-0.2, 0) is 10.0 Å². The van der Waals surface area contributed by atoms with Gasteiger partial charge in [-0.05, 0) is 61.9 Å². The lowest BCUT2D eigenvalue weighted by atomic mass is 10.1. The van der Waals surface area contributed by atoms with Crippen molar-refractivity contribution >= 4 is 44.3 Å². The molecule has 4 rings (SSSR count). The second kappa shape index (κ2) is 9.50. The van der Waals surface area contributed by atoms with E-state index in [4.69, 9.17) is 16.3 Å². The van der Waals surface area contributed by atoms with Gasteiger partial charge in [0.2, 0.25) is 0 Å². The number of piperazine rings is 1. The summed E-state index contributed by atoms with van der Waals surface area (Å²) in [6.07, 6.45) is 0. The minimum atomic E-state index is -3.87. The number of halogens is 2. The first-order chi connectivity index (χ1) is 15.7. The van der Waals surface area contributed by atoms with Crippen molar-refractivity contribution in [3.63, 3.8) is 0 Å². The van der Waals surface area contributed by atoms with E-state index in [0.717, 1.165) is 30.1 Å². The van der Waals surface area contributed by atoms with Gasteiger partial charge in [0.05, 0.1) is 17.8 Å². The van der Waals surface area contributed by atoms with E-state index < -0.39 is 15.8 Å². The number of methoxy groups -OCH3 is 1. The van der Waals surface area contributed by atoms with E-state index in [1.54, 1.807) is 24.3 Å². The highest BCUT2D eigenvalue weighted by Crippen LogP contribution is 2.36. The predicted molar refractivity (Wildman–Crippen MR) is 133 cm³/mol. The van der Waals surface area contributed by atoms with Gasteiger partial charge in [-0.2, -0.15) is 0 Å². The summed E-state index contributed by atoms with van der Waals surface area (Å²) in [5.74, 6) is -0.0904. The van der Waals surface area contributed by atoms with Gasteiger partial charge in [-0.3, -0.25) is 4.72 Å². The molecule has 0 amide bonds. The molecule has 33 heavy (non-hydrogen) atoms. The lowest BCUT2D eigenvalue weighted by molar-refractivity contribution is 0.406. The summed E-state index contributed by atoms with van der Waals surface area (Å²) in [7, 11) is -2.37. The molecule has 0 spiro atoms. The van der Waals surface area contributed by atoms with Crippen LogP contribution in [0.1, 0.15) is 13.8 Å². The van der Waals surface area contributed by atoms with E-state index in [1.807, 2.05) is 6.07 Å². The van der Waals surface area contributed by atoms with Crippen LogP contribution in [0.3, 0.4) is 0 Å². The standard InChI is InChI=1S/C23H25ClFN3O3S2/c1-14-12-28(13-15(2)26-14)17-5-7-21(31-3)20(11-17)27-33(29,30)23-9-8-22(32-23)16-4-6-19(25)18(24)10-16/h4-11,14-15,26-27H,12-13H2,1-3H3/t14-,15+. The van der Waals surface area contributed by atoms with Crippen molar-refractivity contribution in [1.29, 1.82) is 0 Å². The Hall–Kier alpha value is -2.33. The topological polar surface area (TPSA) is 70.7 Å². The first-order valence-electron chi connectivity index (χ1n) is 10.4. The zero-order valence-corrected chi connectivity index (χ0v) is 20.8. The van der Waals surface area contributed by atoms with Crippen LogP contribution in [-0.4, -0.2) is 40.7 Å². The molecule has 2 aromatic carbocycles. The van der Waals surface area contributed by atoms with Gasteiger partial charge in [0.15, 0.2) is 0 Å². The lowest BCUT2D eigenvalue weighted by Gasteiger charge is -2.38. The fraction of sp³-hybridized carbons (Fsp3) is 0.304. The van der Waals surface area contributed by atoms with Gasteiger partial charge in [-0.25, -0.2) is 12.8 Å². The number of nitrogens with zero attached hydrogens (tertiary/aromatic N) is 1. The predicted octanol–water partition coefficient (Wildman–Crippen LogP) is 5.20. The van der Waals surface area contributed by atoms with E-state index in [2.05, 4.69) is 28.8 Å². The van der Waals surface area contributed by atoms with E-state index in [-0.39, 0.29) is 9.23 Å². The van der Waals surface area contributed by atoms with Gasteiger partial charge >= 0.3 is 0 Å². The SMILES string of the molecule is COc1ccc(N2C[C@@H](C)N[C@@H](C)C2)cc1NS(=O)(=O)c1ccc(-c2ccc(F)c(Cl)c2)s1. The van der Waals surface area contributed by atoms with Gasteiger partial charge in [-0.1, -0.05) is 17.7 Å². The number of ether oxygens (including phenoxy) is 1. The zero-order valence-electron chi connectivity index (χ0n) is 18.4. The summed E-state index contributed by atoms with van der Waals surface area (Å²) in [4.78, 5) is 2.90. The molecular weight excluding hydrogens is 485 g/mol. The number of sulfonamides is 1. The average molecular weight is 510 g/mol. The minimum absolute atomic E-state index is 0.0125. The average Bonchev–Trinajstić information content (AvgIpc) is 3.26. The number of hydrogen-bond acceptors (Lipinski definition) is 6. The van der Waals surface area contributed by atoms with Crippen molar-refractivity contribution in [1.82, 2.24) is 5.32 Å². The molecule has 1 fully saturated rings. The van der Waals surface area contributed by atoms with Crippen molar-refractivity contribution in [3.8, 4) is 16.2 Å². The van der Waals surface area contributed by atoms with Crippen molar-refractivity contribution in [2.45, 2.75) is 30.1 Å². The molecule has 0 bridgehead atoms. The molecule has 0 unspecified atom stereocenters. The van der Waals surface area contributed by atoms with E-state index in [0.29, 0.717) is 34.0 Å². The van der Waals surface area contributed by atoms with Gasteiger partial charge < -0.3 is 15.0 Å². The Morgan fingerprint density at radius 2 is 1.85 bits per heavy atom. The third-order valence-corrected chi connectivity index (χ3v) is 8.68. The number of thiophene rings is 1. The first kappa shape index (κ1) is 23.8. The molecule has 2 N–H and O–H groups in total. The van der Waals surface area contributed by atoms with Crippen LogP contribution in [0.5, 0.6) is 5.75 Å². The van der Waals surface area contributed by atoms with Crippen LogP contribution >= 0.6 is 22.9 Å². The summed E-state index contributed by atoms with van der Waals surface area (Å²) < 4.78 is 48.0. The maximum Gasteiger partial charge on any atom is 0.271 e. The summed E-state index contributed by atoms with van der Waals surface area (Å²) in [6, 6.07) is 13.7. The lowest BCUT2D eigenvalue weighted by Crippen LogP contribution is -2.54. The normalized spacial score (nSPS) is 18.9. The minimum Gasteiger partial charge on any atom is -0.495 e. The van der Waals surface area contributed by atoms with Crippen LogP contribution in [0.15, 0.2) is 52.7 Å². The van der Waals surface area contributed by atoms with E-state index in [1.165, 1.54) is 25.3 Å². The number of anilines is 2. The maximum absolute atomic E-state index is 13.5. The van der Waals surface area contributed by atoms with E-state index >= 15 is 0 Å². The van der Waals surface area contributed by atoms with Crippen molar-refractivity contribution in [2.75, 3.05) is 29.8 Å². The third kappa shape index (κ3) is 5.27. The molecule has 0 aliphatic carbocycles. The molecule has 2 atom stereocenters. The fourth-order valence-electron chi connectivity index (χ4n) is 3.97. The molecule has 0 radical (unpaired) electrons. The Balaban J connectivity index is 1.61. The van der Waals surface area contributed by atoms with Gasteiger partial charge in [0, 0.05) is 35.7 Å². The molecule has 0 saturated carbocycles. The quantitative estimate of drug-likeness (QED) is 0.477. The Bertz CT molecular complexity index is 1260. The molecule has 3 aromatic rings. The summed E-state index contributed by atoms with van der Waals surface area (Å²) in [5, 5.41) is 3.48. The number of nitrogens with one attached hydrogen (secondary N) is 2. The largest absolute Gasteiger partial charge is 0.495 e. The monoisotopic (exact) mass is 509 g/mol. The van der Waals surface area contributed by atoms with Gasteiger partial charge in [-0.15, -0.1) is 11.3 Å². The maximum atomic E-state index is 13.5. The smallest absolute Gasteiger partial charge is 0.271 e. The Morgan fingerprint density at radius 1 is 1.12 bits per heavy atom. The zero-order chi connectivity index (χ0) is 23.8. The molecule has 1 aromatic heterocycles. The second-order valence-electron chi connectivity index (χ2n) is 8.11. The molecule has 1 saturated heterocycles. The van der Waals surface area contributed by atoms with Crippen LogP contribution in [0.4, 0.5) is 15.8 Å². The molecule has 10 heteroatoms. The molecule has 176 valence electrons. The van der Waals surface area contributed by atoms with Crippen LogP contribution < -0.4 is 19.7 Å². The summed E-state index contributed by atoms with van der Waals surface area (Å²) >= 11 is 6.96. The molecule has 2 heterocycles. The van der Waals surface area contributed by atoms with E-state index in [9.17, 15) is 12.8 Å². The Labute approximate surface area is 202 Å². The molecule has 6 nitrogen and oxygen atoms in total. The Morgan fingerprint density at radius 3 is 2.52 bits per heavy atom. The highest BCUT2D eigenvalue weighted by atomic mass is 35.5. The summed E-state index contributed by atoms with van der Waals surface area (Å²) in [6.45, 7) is 5.88. The van der Waals surface area contributed by atoms with Crippen LogP contribution in [0.2, 0.25) is 5.02 Å². The van der Waals surface area contributed by atoms with Crippen molar-refractivity contribution in [2.24, 2.45) is 0 Å². The molecule has 1 aliphatic heterocycles. The van der Waals surface area contributed by atoms with Crippen LogP contribution in [0.25, 0.3) is 10.4 Å². The second-order valence-corrected chi connectivity index (χ2v) is 11.5. The van der Waals surface area contributed by atoms with Crippen molar-refractivity contribution < 1.29 is 17.5 Å². The summed E-state index contributed by atoms with van der Waals surface area (Å²) in [5.41, 5.74) is 1.93. The van der Waals surface area contributed by atoms with Gasteiger partial charge in [0.25, 0.3) is 10.0 Å². The van der Waals surface area contributed by atoms with Gasteiger partial charge in [0.1, 0.15) is 15.8 Å². The third-order valence-electron chi connectivity index (χ3n) is 5.40. The van der Waals surface area contributed by atoms with Crippen molar-refractivity contribution in [3.05, 3.63) is 59.4 Å². The fourth-order valence-corrected chi connectivity index (χ4v) is 6.52. The Kier molecular flexibility index (Phi) is 6.86.